The molecule has 136 valence electrons. The number of ether oxygens (including phenoxy) is 3. The lowest BCUT2D eigenvalue weighted by atomic mass is 9.45. The third-order valence-corrected chi connectivity index (χ3v) is 8.91. The van der Waals surface area contributed by atoms with Crippen LogP contribution in [0.4, 0.5) is 0 Å². The molecule has 6 aliphatic rings. The van der Waals surface area contributed by atoms with Gasteiger partial charge in [0.1, 0.15) is 12.0 Å². The van der Waals surface area contributed by atoms with Gasteiger partial charge in [-0.05, 0) is 54.9 Å². The summed E-state index contributed by atoms with van der Waals surface area (Å²) in [4.78, 5) is 13.0. The van der Waals surface area contributed by atoms with Gasteiger partial charge < -0.3 is 19.3 Å². The fourth-order valence-electron chi connectivity index (χ4n) is 7.91. The van der Waals surface area contributed by atoms with Crippen molar-refractivity contribution in [2.45, 2.75) is 57.5 Å². The maximum atomic E-state index is 13.0. The van der Waals surface area contributed by atoms with Crippen LogP contribution in [-0.2, 0) is 19.0 Å². The third kappa shape index (κ3) is 1.42. The molecular formula is C20H26O5. The molecule has 3 aliphatic carbocycles. The van der Waals surface area contributed by atoms with Gasteiger partial charge in [-0.15, -0.1) is 0 Å². The second kappa shape index (κ2) is 4.32. The van der Waals surface area contributed by atoms with Gasteiger partial charge in [0.25, 0.3) is 0 Å². The van der Waals surface area contributed by atoms with E-state index in [1.165, 1.54) is 0 Å². The predicted molar refractivity (Wildman–Crippen MR) is 87.2 cm³/mol. The molecule has 0 amide bonds. The molecule has 0 radical (unpaired) electrons. The van der Waals surface area contributed by atoms with Crippen molar-refractivity contribution < 1.29 is 24.1 Å². The first-order valence-corrected chi connectivity index (χ1v) is 9.74. The first-order chi connectivity index (χ1) is 11.9. The maximum absolute atomic E-state index is 13.0. The van der Waals surface area contributed by atoms with E-state index in [-0.39, 0.29) is 46.9 Å². The summed E-state index contributed by atoms with van der Waals surface area (Å²) in [6, 6.07) is 0. The van der Waals surface area contributed by atoms with E-state index in [0.717, 1.165) is 37.9 Å². The maximum Gasteiger partial charge on any atom is 0.315 e. The zero-order valence-corrected chi connectivity index (χ0v) is 14.7. The van der Waals surface area contributed by atoms with E-state index in [1.807, 2.05) is 0 Å². The Morgan fingerprint density at radius 3 is 2.92 bits per heavy atom. The number of aliphatic hydroxyl groups is 1. The van der Waals surface area contributed by atoms with E-state index in [0.29, 0.717) is 13.0 Å². The normalized spacial score (nSPS) is 61.5. The largest absolute Gasteiger partial charge is 0.464 e. The van der Waals surface area contributed by atoms with Gasteiger partial charge in [0.15, 0.2) is 6.29 Å². The minimum Gasteiger partial charge on any atom is -0.464 e. The van der Waals surface area contributed by atoms with Crippen molar-refractivity contribution in [3.63, 3.8) is 0 Å². The van der Waals surface area contributed by atoms with E-state index < -0.39 is 11.5 Å². The van der Waals surface area contributed by atoms with Crippen LogP contribution in [0.5, 0.6) is 0 Å². The van der Waals surface area contributed by atoms with Crippen LogP contribution < -0.4 is 0 Å². The van der Waals surface area contributed by atoms with Crippen LogP contribution in [0.3, 0.4) is 0 Å². The Hall–Kier alpha value is -0.910. The van der Waals surface area contributed by atoms with Crippen LogP contribution >= 0.6 is 0 Å². The minimum atomic E-state index is -0.810. The molecule has 2 spiro atoms. The molecule has 3 heterocycles. The van der Waals surface area contributed by atoms with E-state index in [4.69, 9.17) is 14.2 Å². The Morgan fingerprint density at radius 1 is 1.24 bits per heavy atom. The summed E-state index contributed by atoms with van der Waals surface area (Å²) in [5, 5.41) is 11.1. The molecule has 5 nitrogen and oxygen atoms in total. The van der Waals surface area contributed by atoms with Crippen LogP contribution in [0.2, 0.25) is 0 Å². The number of hydrogen-bond donors (Lipinski definition) is 1. The molecule has 4 bridgehead atoms. The van der Waals surface area contributed by atoms with Gasteiger partial charge in [-0.1, -0.05) is 13.5 Å². The van der Waals surface area contributed by atoms with Gasteiger partial charge in [0.2, 0.25) is 0 Å². The zero-order valence-electron chi connectivity index (χ0n) is 14.7. The highest BCUT2D eigenvalue weighted by molar-refractivity contribution is 5.81. The second-order valence-corrected chi connectivity index (χ2v) is 9.71. The first kappa shape index (κ1) is 15.2. The Balaban J connectivity index is 1.54. The summed E-state index contributed by atoms with van der Waals surface area (Å²) in [5.41, 5.74) is -0.0974. The molecule has 0 aromatic rings. The van der Waals surface area contributed by atoms with Crippen molar-refractivity contribution in [2.75, 3.05) is 13.2 Å². The van der Waals surface area contributed by atoms with Crippen molar-refractivity contribution in [1.29, 1.82) is 0 Å². The van der Waals surface area contributed by atoms with E-state index in [2.05, 4.69) is 13.5 Å². The number of carbonyl (C=O) groups excluding carboxylic acids is 1. The Kier molecular flexibility index (Phi) is 2.62. The molecule has 6 rings (SSSR count). The summed E-state index contributed by atoms with van der Waals surface area (Å²) in [6.07, 6.45) is 3.88. The zero-order chi connectivity index (χ0) is 17.2. The minimum absolute atomic E-state index is 0.0727. The molecule has 3 saturated carbocycles. The average molecular weight is 346 g/mol. The standard InChI is InChI=1S/C20H26O5/c1-10-11-3-4-12-19(7-11,15(10)21)17(22)24-9-20(12)13-5-6-18(2)8-23-16(25-13)14(18)20/h11-16,21H,1,3-9H2,2H3. The smallest absolute Gasteiger partial charge is 0.315 e. The molecular weight excluding hydrogens is 320 g/mol. The van der Waals surface area contributed by atoms with Gasteiger partial charge in [-0.3, -0.25) is 4.79 Å². The number of carbonyl (C=O) groups is 1. The SMILES string of the molecule is C=C1C2CCC3C(C2)(C(=O)OCC32C3CCC4(C)COC(O3)C42)C1O. The lowest BCUT2D eigenvalue weighted by Crippen LogP contribution is -2.66. The molecule has 0 aromatic heterocycles. The third-order valence-electron chi connectivity index (χ3n) is 8.91. The Morgan fingerprint density at radius 2 is 2.08 bits per heavy atom. The number of aliphatic hydroxyl groups excluding tert-OH is 1. The van der Waals surface area contributed by atoms with Crippen LogP contribution in [0, 0.1) is 34.0 Å². The van der Waals surface area contributed by atoms with Gasteiger partial charge in [-0.25, -0.2) is 0 Å². The monoisotopic (exact) mass is 346 g/mol. The van der Waals surface area contributed by atoms with E-state index in [9.17, 15) is 9.90 Å². The van der Waals surface area contributed by atoms with Gasteiger partial charge in [0.05, 0.1) is 18.8 Å². The fraction of sp³-hybridized carbons (Fsp3) is 0.850. The highest BCUT2D eigenvalue weighted by Gasteiger charge is 2.78. The fourth-order valence-corrected chi connectivity index (χ4v) is 7.91. The molecule has 9 unspecified atom stereocenters. The summed E-state index contributed by atoms with van der Waals surface area (Å²) < 4.78 is 18.3. The van der Waals surface area contributed by atoms with Gasteiger partial charge in [-0.2, -0.15) is 0 Å². The summed E-state index contributed by atoms with van der Waals surface area (Å²) >= 11 is 0. The van der Waals surface area contributed by atoms with Crippen molar-refractivity contribution >= 4 is 5.97 Å². The molecule has 9 atom stereocenters. The molecule has 3 aliphatic heterocycles. The number of rotatable bonds is 0. The highest BCUT2D eigenvalue weighted by Crippen LogP contribution is 2.73. The first-order valence-electron chi connectivity index (χ1n) is 9.74. The lowest BCUT2D eigenvalue weighted by molar-refractivity contribution is -0.227. The molecule has 5 heteroatoms. The highest BCUT2D eigenvalue weighted by atomic mass is 16.7. The number of hydrogen-bond acceptors (Lipinski definition) is 5. The number of cyclic esters (lactones) is 1. The predicted octanol–water partition coefficient (Wildman–Crippen LogP) is 2.03. The topological polar surface area (TPSA) is 65.0 Å². The van der Waals surface area contributed by atoms with Gasteiger partial charge in [0, 0.05) is 11.3 Å². The Bertz CT molecular complexity index is 690. The summed E-state index contributed by atoms with van der Waals surface area (Å²) in [6.45, 7) is 7.58. The van der Waals surface area contributed by atoms with Crippen molar-refractivity contribution in [3.8, 4) is 0 Å². The molecule has 0 aromatic carbocycles. The second-order valence-electron chi connectivity index (χ2n) is 9.71. The van der Waals surface area contributed by atoms with Gasteiger partial charge >= 0.3 is 5.97 Å². The van der Waals surface area contributed by atoms with Crippen LogP contribution in [0.1, 0.15) is 39.0 Å². The lowest BCUT2D eigenvalue weighted by Gasteiger charge is -2.59. The molecule has 25 heavy (non-hydrogen) atoms. The summed E-state index contributed by atoms with van der Waals surface area (Å²) in [7, 11) is 0. The quantitative estimate of drug-likeness (QED) is 0.537. The van der Waals surface area contributed by atoms with Crippen molar-refractivity contribution in [1.82, 2.24) is 0 Å². The molecule has 6 fully saturated rings. The molecule has 3 saturated heterocycles. The van der Waals surface area contributed by atoms with Crippen molar-refractivity contribution in [3.05, 3.63) is 12.2 Å². The number of esters is 1. The average Bonchev–Trinajstić information content (AvgIpc) is 3.12. The summed E-state index contributed by atoms with van der Waals surface area (Å²) in [5.74, 6) is 0.404. The van der Waals surface area contributed by atoms with Crippen molar-refractivity contribution in [2.24, 2.45) is 34.0 Å². The van der Waals surface area contributed by atoms with Crippen LogP contribution in [-0.4, -0.2) is 42.8 Å². The number of fused-ring (bicyclic) bond motifs is 1. The van der Waals surface area contributed by atoms with Crippen LogP contribution in [0.25, 0.3) is 0 Å². The van der Waals surface area contributed by atoms with E-state index >= 15 is 0 Å². The van der Waals surface area contributed by atoms with Crippen LogP contribution in [0.15, 0.2) is 12.2 Å². The van der Waals surface area contributed by atoms with E-state index in [1.54, 1.807) is 0 Å². The molecule has 1 N–H and O–H groups in total. The Labute approximate surface area is 147 Å².